The van der Waals surface area contributed by atoms with Crippen LogP contribution in [-0.4, -0.2) is 43.6 Å². The average molecular weight is 472 g/mol. The zero-order valence-corrected chi connectivity index (χ0v) is 17.7. The molecule has 0 saturated carbocycles. The Morgan fingerprint density at radius 3 is 2.50 bits per heavy atom. The molecule has 1 fully saturated rings. The summed E-state index contributed by atoms with van der Waals surface area (Å²) in [5, 5.41) is 19.2. The van der Waals surface area contributed by atoms with Crippen LogP contribution >= 0.6 is 0 Å². The van der Waals surface area contributed by atoms with E-state index in [0.717, 1.165) is 5.56 Å². The highest BCUT2D eigenvalue weighted by molar-refractivity contribution is 5.79. The predicted octanol–water partition coefficient (Wildman–Crippen LogP) is -4.88. The number of hydrogen-bond donors (Lipinski definition) is 3. The molecule has 3 atom stereocenters. The normalized spacial score (nSPS) is 20.8. The fourth-order valence-corrected chi connectivity index (χ4v) is 3.13. The predicted molar refractivity (Wildman–Crippen MR) is 95.2 cm³/mol. The Bertz CT molecular complexity index is 1040. The van der Waals surface area contributed by atoms with Crippen molar-refractivity contribution < 1.29 is 53.4 Å². The van der Waals surface area contributed by atoms with Crippen molar-refractivity contribution in [2.75, 3.05) is 12.3 Å². The van der Waals surface area contributed by atoms with Crippen molar-refractivity contribution in [2.24, 2.45) is 0 Å². The zero-order chi connectivity index (χ0) is 23.5. The van der Waals surface area contributed by atoms with Crippen LogP contribution in [0.2, 0.25) is 0 Å². The van der Waals surface area contributed by atoms with E-state index in [1.54, 1.807) is 10.9 Å². The molecule has 1 aliphatic rings. The number of fused-ring (bicyclic) bond motifs is 1. The van der Waals surface area contributed by atoms with E-state index >= 15 is 0 Å². The molecule has 1 aromatic carbocycles. The van der Waals surface area contributed by atoms with E-state index in [4.69, 9.17) is 33.9 Å². The standard InChI is InChI=1S/C18H21N5O4.ClHO4/c1-11-2-4-12(5-3-11)8-26-23-10-21-18-16(17(23)19)20-9-22(18)15-6-13(25)14(7-24)27-15;2-1(3,4)5/h2-5,9-10,13-15,19,24-25H,6-8H2,1H3;(H,2,3,4,5)/t13-,14+,15+;/m0./s1. The molecule has 32 heavy (non-hydrogen) atoms. The Labute approximate surface area is 184 Å². The van der Waals surface area contributed by atoms with Crippen LogP contribution in [0.3, 0.4) is 0 Å². The molecule has 2 aromatic heterocycles. The van der Waals surface area contributed by atoms with Gasteiger partial charge in [0.25, 0.3) is 12.1 Å². The Morgan fingerprint density at radius 2 is 1.91 bits per heavy atom. The molecule has 0 spiro atoms. The van der Waals surface area contributed by atoms with Gasteiger partial charge in [-0.15, -0.1) is 10.2 Å². The molecule has 0 unspecified atom stereocenters. The first kappa shape index (κ1) is 24.0. The Hall–Kier alpha value is -2.62. The molecular formula is C18H22ClN5O8. The number of aliphatic hydroxyl groups is 2. The largest absolute Gasteiger partial charge is 0.394 e. The number of nitrogen functional groups attached to an aromatic ring is 1. The van der Waals surface area contributed by atoms with Crippen molar-refractivity contribution >= 4 is 17.0 Å². The monoisotopic (exact) mass is 471 g/mol. The lowest BCUT2D eigenvalue weighted by atomic mass is 10.2. The number of imidazole rings is 1. The minimum atomic E-state index is -4.94. The molecule has 1 aliphatic heterocycles. The fourth-order valence-electron chi connectivity index (χ4n) is 3.13. The Kier molecular flexibility index (Phi) is 7.43. The van der Waals surface area contributed by atoms with Gasteiger partial charge in [0.15, 0.2) is 6.61 Å². The van der Waals surface area contributed by atoms with E-state index in [1.807, 2.05) is 31.2 Å². The summed E-state index contributed by atoms with van der Waals surface area (Å²) < 4.78 is 42.7. The fraction of sp³-hybridized carbons (Fsp3) is 0.389. The van der Waals surface area contributed by atoms with Gasteiger partial charge in [-0.2, -0.15) is 0 Å². The van der Waals surface area contributed by atoms with Crippen LogP contribution in [-0.2, 0) is 11.3 Å². The highest BCUT2D eigenvalue weighted by Crippen LogP contribution is 2.30. The number of nitrogens with two attached hydrogens (primary N) is 1. The first-order valence-corrected chi connectivity index (χ1v) is 10.6. The maximum absolute atomic E-state index is 9.94. The van der Waals surface area contributed by atoms with Gasteiger partial charge in [0.2, 0.25) is 11.2 Å². The summed E-state index contributed by atoms with van der Waals surface area (Å²) in [5.41, 5.74) is 9.39. The quantitative estimate of drug-likeness (QED) is 0.300. The molecule has 0 bridgehead atoms. The van der Waals surface area contributed by atoms with E-state index in [2.05, 4.69) is 9.97 Å². The number of aryl methyl sites for hydroxylation is 1. The second-order valence-electron chi connectivity index (χ2n) is 7.03. The summed E-state index contributed by atoms with van der Waals surface area (Å²) in [4.78, 5) is 14.4. The molecule has 0 radical (unpaired) electrons. The number of rotatable bonds is 5. The van der Waals surface area contributed by atoms with Crippen molar-refractivity contribution in [3.05, 3.63) is 48.0 Å². The highest BCUT2D eigenvalue weighted by atomic mass is 35.7. The van der Waals surface area contributed by atoms with Crippen molar-refractivity contribution in [1.82, 2.24) is 14.5 Å². The zero-order valence-electron chi connectivity index (χ0n) is 16.9. The summed E-state index contributed by atoms with van der Waals surface area (Å²) in [5.74, 6) is 0.322. The number of aliphatic hydroxyl groups excluding tert-OH is 2. The summed E-state index contributed by atoms with van der Waals surface area (Å²) in [7, 11) is -4.94. The van der Waals surface area contributed by atoms with Crippen molar-refractivity contribution in [3.8, 4) is 0 Å². The molecule has 3 heterocycles. The van der Waals surface area contributed by atoms with Crippen LogP contribution in [0.15, 0.2) is 36.9 Å². The van der Waals surface area contributed by atoms with Crippen molar-refractivity contribution in [2.45, 2.75) is 38.4 Å². The topological polar surface area (TPSA) is 212 Å². The van der Waals surface area contributed by atoms with Gasteiger partial charge in [-0.25, -0.2) is 23.6 Å². The smallest absolute Gasteiger partial charge is 0.289 e. The van der Waals surface area contributed by atoms with Gasteiger partial charge < -0.3 is 25.5 Å². The summed E-state index contributed by atoms with van der Waals surface area (Å²) in [6, 6.07) is 8.02. The summed E-state index contributed by atoms with van der Waals surface area (Å²) in [6.07, 6.45) is 1.59. The molecule has 3 aromatic rings. The van der Waals surface area contributed by atoms with Crippen LogP contribution in [0.4, 0.5) is 5.82 Å². The van der Waals surface area contributed by atoms with Crippen LogP contribution in [0.25, 0.3) is 11.2 Å². The third-order valence-electron chi connectivity index (χ3n) is 4.72. The molecule has 4 N–H and O–H groups in total. The van der Waals surface area contributed by atoms with Gasteiger partial charge in [-0.05, 0) is 12.5 Å². The molecule has 13 nitrogen and oxygen atoms in total. The SMILES string of the molecule is Cc1ccc(CO[n+]2cnc3c(ncn3[C@H]3C[C@H](O)[C@@H](CO)O3)c2N)cc1.[O-][Cl+3]([O-])([O-])[O-]. The van der Waals surface area contributed by atoms with Crippen LogP contribution in [0.5, 0.6) is 0 Å². The van der Waals surface area contributed by atoms with E-state index in [-0.39, 0.29) is 6.61 Å². The van der Waals surface area contributed by atoms with E-state index in [9.17, 15) is 10.2 Å². The molecule has 174 valence electrons. The van der Waals surface area contributed by atoms with E-state index in [1.165, 1.54) is 16.6 Å². The molecule has 14 heteroatoms. The van der Waals surface area contributed by atoms with Crippen molar-refractivity contribution in [3.63, 3.8) is 0 Å². The second kappa shape index (κ2) is 9.89. The molecule has 1 saturated heterocycles. The highest BCUT2D eigenvalue weighted by Gasteiger charge is 2.36. The van der Waals surface area contributed by atoms with Crippen LogP contribution in [0, 0.1) is 17.2 Å². The van der Waals surface area contributed by atoms with E-state index < -0.39 is 28.7 Å². The van der Waals surface area contributed by atoms with Crippen LogP contribution in [0.1, 0.15) is 23.8 Å². The van der Waals surface area contributed by atoms with Gasteiger partial charge in [-0.3, -0.25) is 4.57 Å². The molecule has 0 aliphatic carbocycles. The second-order valence-corrected chi connectivity index (χ2v) is 7.79. The van der Waals surface area contributed by atoms with Gasteiger partial charge in [0.1, 0.15) is 18.7 Å². The number of hydrogen-bond acceptors (Lipinski definition) is 11. The third kappa shape index (κ3) is 5.99. The number of anilines is 1. The first-order chi connectivity index (χ1) is 15.1. The first-order valence-electron chi connectivity index (χ1n) is 9.34. The molecule has 4 rings (SSSR count). The number of ether oxygens (including phenoxy) is 1. The Morgan fingerprint density at radius 1 is 1.25 bits per heavy atom. The maximum Gasteiger partial charge on any atom is 0.289 e. The number of halogens is 1. The van der Waals surface area contributed by atoms with Crippen LogP contribution < -0.4 is 33.9 Å². The minimum Gasteiger partial charge on any atom is -0.394 e. The van der Waals surface area contributed by atoms with Gasteiger partial charge in [0, 0.05) is 6.42 Å². The Balaban J connectivity index is 0.000000523. The number of aromatic nitrogens is 4. The molecule has 0 amide bonds. The maximum atomic E-state index is 9.94. The number of nitrogens with zero attached hydrogens (tertiary/aromatic N) is 4. The molecular weight excluding hydrogens is 450 g/mol. The average Bonchev–Trinajstić information content (AvgIpc) is 3.31. The summed E-state index contributed by atoms with van der Waals surface area (Å²) in [6.45, 7) is 2.13. The lowest BCUT2D eigenvalue weighted by molar-refractivity contribution is -2.00. The van der Waals surface area contributed by atoms with Gasteiger partial charge in [0.05, 0.1) is 12.7 Å². The minimum absolute atomic E-state index is 0.243. The lowest BCUT2D eigenvalue weighted by Gasteiger charge is -2.17. The van der Waals surface area contributed by atoms with E-state index in [0.29, 0.717) is 30.0 Å². The third-order valence-corrected chi connectivity index (χ3v) is 4.72. The van der Waals surface area contributed by atoms with Gasteiger partial charge in [-0.1, -0.05) is 39.5 Å². The number of benzene rings is 1. The van der Waals surface area contributed by atoms with Gasteiger partial charge >= 0.3 is 0 Å². The summed E-state index contributed by atoms with van der Waals surface area (Å²) >= 11 is 0. The lowest BCUT2D eigenvalue weighted by Crippen LogP contribution is -2.68. The van der Waals surface area contributed by atoms with Crippen molar-refractivity contribution in [1.29, 1.82) is 0 Å².